The molecule has 6 nitrogen and oxygen atoms in total. The van der Waals surface area contributed by atoms with Gasteiger partial charge in [-0.2, -0.15) is 4.31 Å². The summed E-state index contributed by atoms with van der Waals surface area (Å²) in [6.07, 6.45) is 2.66. The van der Waals surface area contributed by atoms with Gasteiger partial charge in [-0.05, 0) is 61.2 Å². The van der Waals surface area contributed by atoms with Gasteiger partial charge in [0.05, 0.1) is 11.4 Å². The molecule has 31 heavy (non-hydrogen) atoms. The monoisotopic (exact) mass is 465 g/mol. The first-order valence-corrected chi connectivity index (χ1v) is 12.8. The van der Waals surface area contributed by atoms with Crippen molar-refractivity contribution in [1.29, 1.82) is 0 Å². The van der Waals surface area contributed by atoms with Gasteiger partial charge in [0.1, 0.15) is 5.82 Å². The molecule has 1 heterocycles. The second-order valence-electron chi connectivity index (χ2n) is 7.59. The zero-order valence-electron chi connectivity index (χ0n) is 17.8. The predicted molar refractivity (Wildman–Crippen MR) is 121 cm³/mol. The van der Waals surface area contributed by atoms with Crippen LogP contribution in [-0.4, -0.2) is 74.5 Å². The van der Waals surface area contributed by atoms with Crippen LogP contribution >= 0.6 is 11.8 Å². The minimum absolute atomic E-state index is 0.00350. The largest absolute Gasteiger partial charge is 0.340 e. The molecule has 1 amide bonds. The van der Waals surface area contributed by atoms with Crippen molar-refractivity contribution in [3.63, 3.8) is 0 Å². The number of benzene rings is 2. The topological polar surface area (TPSA) is 60.9 Å². The molecule has 168 valence electrons. The molecule has 0 spiro atoms. The van der Waals surface area contributed by atoms with E-state index in [2.05, 4.69) is 0 Å². The van der Waals surface area contributed by atoms with Crippen molar-refractivity contribution in [2.24, 2.45) is 0 Å². The smallest absolute Gasteiger partial charge is 0.243 e. The van der Waals surface area contributed by atoms with Crippen molar-refractivity contribution in [2.75, 3.05) is 46.0 Å². The van der Waals surface area contributed by atoms with Crippen molar-refractivity contribution in [3.05, 3.63) is 59.9 Å². The SMILES string of the molecule is CSc1ccc(CN(C)C(=O)CN2CCCN(S(=O)(=O)c3ccc(F)cc3)CC2)cc1. The Kier molecular flexibility index (Phi) is 8.10. The van der Waals surface area contributed by atoms with Crippen LogP contribution in [0.5, 0.6) is 0 Å². The van der Waals surface area contributed by atoms with Gasteiger partial charge < -0.3 is 4.90 Å². The molecule has 0 radical (unpaired) electrons. The second kappa shape index (κ2) is 10.6. The quantitative estimate of drug-likeness (QED) is 0.589. The van der Waals surface area contributed by atoms with E-state index in [9.17, 15) is 17.6 Å². The Morgan fingerprint density at radius 3 is 2.35 bits per heavy atom. The van der Waals surface area contributed by atoms with E-state index in [1.807, 2.05) is 35.4 Å². The molecular formula is C22H28FN3O3S2. The van der Waals surface area contributed by atoms with Gasteiger partial charge in [0.15, 0.2) is 0 Å². The molecule has 1 aliphatic heterocycles. The molecule has 1 fully saturated rings. The summed E-state index contributed by atoms with van der Waals surface area (Å²) >= 11 is 1.68. The molecule has 0 unspecified atom stereocenters. The van der Waals surface area contributed by atoms with Crippen LogP contribution in [0, 0.1) is 5.82 Å². The minimum Gasteiger partial charge on any atom is -0.340 e. The third kappa shape index (κ3) is 6.29. The van der Waals surface area contributed by atoms with E-state index < -0.39 is 15.8 Å². The second-order valence-corrected chi connectivity index (χ2v) is 10.4. The van der Waals surface area contributed by atoms with Crippen molar-refractivity contribution >= 4 is 27.7 Å². The molecule has 0 N–H and O–H groups in total. The van der Waals surface area contributed by atoms with Gasteiger partial charge in [-0.15, -0.1) is 11.8 Å². The Labute approximate surface area is 188 Å². The highest BCUT2D eigenvalue weighted by atomic mass is 32.2. The van der Waals surface area contributed by atoms with Crippen LogP contribution in [0.1, 0.15) is 12.0 Å². The molecule has 0 saturated carbocycles. The third-order valence-electron chi connectivity index (χ3n) is 5.36. The number of nitrogens with zero attached hydrogens (tertiary/aromatic N) is 3. The highest BCUT2D eigenvalue weighted by Gasteiger charge is 2.27. The van der Waals surface area contributed by atoms with Gasteiger partial charge >= 0.3 is 0 Å². The zero-order valence-corrected chi connectivity index (χ0v) is 19.5. The van der Waals surface area contributed by atoms with Crippen LogP contribution in [0.4, 0.5) is 4.39 Å². The molecule has 0 aliphatic carbocycles. The molecule has 1 saturated heterocycles. The van der Waals surface area contributed by atoms with Crippen molar-refractivity contribution in [2.45, 2.75) is 22.8 Å². The van der Waals surface area contributed by atoms with Crippen molar-refractivity contribution in [3.8, 4) is 0 Å². The maximum atomic E-state index is 13.1. The van der Waals surface area contributed by atoms with E-state index >= 15 is 0 Å². The standard InChI is InChI=1S/C22H28FN3O3S2/c1-24(16-18-4-8-20(30-2)9-5-18)22(27)17-25-12-3-13-26(15-14-25)31(28,29)21-10-6-19(23)7-11-21/h4-11H,3,12-17H2,1-2H3. The first-order valence-electron chi connectivity index (χ1n) is 10.1. The maximum Gasteiger partial charge on any atom is 0.243 e. The lowest BCUT2D eigenvalue weighted by atomic mass is 10.2. The zero-order chi connectivity index (χ0) is 22.4. The summed E-state index contributed by atoms with van der Waals surface area (Å²) in [5, 5.41) is 0. The Morgan fingerprint density at radius 1 is 1.03 bits per heavy atom. The van der Waals surface area contributed by atoms with Gasteiger partial charge in [0.25, 0.3) is 0 Å². The molecule has 2 aromatic carbocycles. The average Bonchev–Trinajstić information content (AvgIpc) is 3.00. The molecule has 3 rings (SSSR count). The number of carbonyl (C=O) groups excluding carboxylic acids is 1. The average molecular weight is 466 g/mol. The number of sulfonamides is 1. The van der Waals surface area contributed by atoms with Crippen LogP contribution in [0.2, 0.25) is 0 Å². The van der Waals surface area contributed by atoms with E-state index in [1.54, 1.807) is 23.7 Å². The van der Waals surface area contributed by atoms with E-state index in [-0.39, 0.29) is 17.3 Å². The highest BCUT2D eigenvalue weighted by molar-refractivity contribution is 7.98. The van der Waals surface area contributed by atoms with E-state index in [0.29, 0.717) is 39.1 Å². The van der Waals surface area contributed by atoms with Crippen LogP contribution in [0.25, 0.3) is 0 Å². The summed E-state index contributed by atoms with van der Waals surface area (Å²) in [6, 6.07) is 13.0. The van der Waals surface area contributed by atoms with Crippen molar-refractivity contribution < 1.29 is 17.6 Å². The number of rotatable bonds is 7. The Morgan fingerprint density at radius 2 is 1.71 bits per heavy atom. The predicted octanol–water partition coefficient (Wildman–Crippen LogP) is 2.90. The number of halogens is 1. The molecule has 9 heteroatoms. The van der Waals surface area contributed by atoms with Gasteiger partial charge in [-0.1, -0.05) is 12.1 Å². The molecule has 0 bridgehead atoms. The number of likely N-dealkylation sites (N-methyl/N-ethyl adjacent to an activating group) is 1. The number of thioether (sulfide) groups is 1. The van der Waals surface area contributed by atoms with Gasteiger partial charge in [0, 0.05) is 38.1 Å². The maximum absolute atomic E-state index is 13.1. The first-order chi connectivity index (χ1) is 14.8. The van der Waals surface area contributed by atoms with Crippen LogP contribution in [-0.2, 0) is 21.4 Å². The van der Waals surface area contributed by atoms with E-state index in [1.165, 1.54) is 21.3 Å². The first kappa shape index (κ1) is 23.7. The van der Waals surface area contributed by atoms with Gasteiger partial charge in [-0.3, -0.25) is 9.69 Å². The van der Waals surface area contributed by atoms with Crippen molar-refractivity contribution in [1.82, 2.24) is 14.1 Å². The van der Waals surface area contributed by atoms with Crippen LogP contribution in [0.15, 0.2) is 58.3 Å². The molecule has 1 aliphatic rings. The summed E-state index contributed by atoms with van der Waals surface area (Å²) in [5.41, 5.74) is 1.07. The summed E-state index contributed by atoms with van der Waals surface area (Å²) in [4.78, 5) is 17.7. The van der Waals surface area contributed by atoms with Crippen LogP contribution in [0.3, 0.4) is 0 Å². The molecule has 0 aromatic heterocycles. The minimum atomic E-state index is -3.67. The fourth-order valence-electron chi connectivity index (χ4n) is 3.51. The summed E-state index contributed by atoms with van der Waals surface area (Å²) in [6.45, 7) is 2.59. The Hall–Kier alpha value is -1.94. The summed E-state index contributed by atoms with van der Waals surface area (Å²) in [7, 11) is -1.89. The molecular weight excluding hydrogens is 437 g/mol. The Bertz CT molecular complexity index is 982. The fraction of sp³-hybridized carbons (Fsp3) is 0.409. The third-order valence-corrected chi connectivity index (χ3v) is 8.02. The number of hydrogen-bond acceptors (Lipinski definition) is 5. The number of carbonyl (C=O) groups is 1. The van der Waals surface area contributed by atoms with Gasteiger partial charge in [0.2, 0.25) is 15.9 Å². The fourth-order valence-corrected chi connectivity index (χ4v) is 5.38. The lowest BCUT2D eigenvalue weighted by molar-refractivity contribution is -0.131. The summed E-state index contributed by atoms with van der Waals surface area (Å²) < 4.78 is 40.2. The lowest BCUT2D eigenvalue weighted by Crippen LogP contribution is -2.40. The summed E-state index contributed by atoms with van der Waals surface area (Å²) in [5.74, 6) is -0.465. The van der Waals surface area contributed by atoms with E-state index in [0.717, 1.165) is 17.7 Å². The van der Waals surface area contributed by atoms with E-state index in [4.69, 9.17) is 0 Å². The number of hydrogen-bond donors (Lipinski definition) is 0. The van der Waals surface area contributed by atoms with Gasteiger partial charge in [-0.25, -0.2) is 12.8 Å². The highest BCUT2D eigenvalue weighted by Crippen LogP contribution is 2.19. The normalized spacial score (nSPS) is 16.1. The Balaban J connectivity index is 1.55. The molecule has 2 aromatic rings. The number of amides is 1. The molecule has 0 atom stereocenters. The lowest BCUT2D eigenvalue weighted by Gasteiger charge is -2.24. The van der Waals surface area contributed by atoms with Crippen LogP contribution < -0.4 is 0 Å².